The van der Waals surface area contributed by atoms with Gasteiger partial charge >= 0.3 is 6.36 Å². The normalized spacial score (nSPS) is 17.8. The van der Waals surface area contributed by atoms with E-state index in [4.69, 9.17) is 0 Å². The number of benzene rings is 1. The average Bonchev–Trinajstić information content (AvgIpc) is 2.46. The van der Waals surface area contributed by atoms with Crippen molar-refractivity contribution < 1.29 is 17.9 Å². The predicted octanol–water partition coefficient (Wildman–Crippen LogP) is 4.26. The lowest BCUT2D eigenvalue weighted by Gasteiger charge is -2.36. The van der Waals surface area contributed by atoms with Crippen LogP contribution in [0.1, 0.15) is 24.9 Å². The SMILES string of the molecule is C=C(C)C[C@@H](c1cc(Br)ccc1OC(F)(F)F)N1CCNCC1. The summed E-state index contributed by atoms with van der Waals surface area (Å²) in [5.74, 6) is -0.148. The summed E-state index contributed by atoms with van der Waals surface area (Å²) in [6, 6.07) is 4.43. The Kier molecular flexibility index (Phi) is 6.11. The second kappa shape index (κ2) is 7.68. The molecule has 1 N–H and O–H groups in total. The number of nitrogens with zero attached hydrogens (tertiary/aromatic N) is 1. The van der Waals surface area contributed by atoms with Gasteiger partial charge in [-0.25, -0.2) is 0 Å². The summed E-state index contributed by atoms with van der Waals surface area (Å²) < 4.78 is 43.1. The van der Waals surface area contributed by atoms with E-state index in [0.29, 0.717) is 12.0 Å². The molecule has 0 spiro atoms. The fraction of sp³-hybridized carbons (Fsp3) is 0.500. The van der Waals surface area contributed by atoms with Crippen LogP contribution in [0.5, 0.6) is 5.75 Å². The minimum Gasteiger partial charge on any atom is -0.405 e. The van der Waals surface area contributed by atoms with Crippen LogP contribution in [0.3, 0.4) is 0 Å². The lowest BCUT2D eigenvalue weighted by atomic mass is 9.97. The van der Waals surface area contributed by atoms with E-state index in [9.17, 15) is 13.2 Å². The highest BCUT2D eigenvalue weighted by Crippen LogP contribution is 2.38. The Morgan fingerprint density at radius 3 is 2.61 bits per heavy atom. The molecule has 0 amide bonds. The standard InChI is InChI=1S/C16H20BrF3N2O/c1-11(2)9-14(22-7-5-21-6-8-22)13-10-12(17)3-4-15(13)23-16(18,19)20/h3-4,10,14,21H,1,5-9H2,2H3/t14-/m0/s1. The molecule has 0 unspecified atom stereocenters. The van der Waals surface area contributed by atoms with Gasteiger partial charge in [-0.05, 0) is 31.5 Å². The van der Waals surface area contributed by atoms with Crippen molar-refractivity contribution in [2.45, 2.75) is 25.7 Å². The summed E-state index contributed by atoms with van der Waals surface area (Å²) >= 11 is 3.34. The highest BCUT2D eigenvalue weighted by atomic mass is 79.9. The van der Waals surface area contributed by atoms with E-state index in [1.165, 1.54) is 6.07 Å². The average molecular weight is 393 g/mol. The Bertz CT molecular complexity index is 557. The van der Waals surface area contributed by atoms with Gasteiger partial charge in [0.1, 0.15) is 5.75 Å². The van der Waals surface area contributed by atoms with Gasteiger partial charge in [0, 0.05) is 42.3 Å². The van der Waals surface area contributed by atoms with Gasteiger partial charge in [0.25, 0.3) is 0 Å². The van der Waals surface area contributed by atoms with Crippen molar-refractivity contribution in [3.05, 3.63) is 40.4 Å². The van der Waals surface area contributed by atoms with Crippen LogP contribution in [0.15, 0.2) is 34.8 Å². The molecule has 1 fully saturated rings. The number of ether oxygens (including phenoxy) is 1. The number of rotatable bonds is 5. The van der Waals surface area contributed by atoms with E-state index in [1.807, 2.05) is 6.92 Å². The minimum absolute atomic E-state index is 0.148. The van der Waals surface area contributed by atoms with Crippen molar-refractivity contribution in [2.24, 2.45) is 0 Å². The fourth-order valence-corrected chi connectivity index (χ4v) is 3.14. The third-order valence-electron chi connectivity index (χ3n) is 3.69. The van der Waals surface area contributed by atoms with Crippen LogP contribution < -0.4 is 10.1 Å². The van der Waals surface area contributed by atoms with Gasteiger partial charge in [-0.3, -0.25) is 4.90 Å². The molecule has 1 aliphatic heterocycles. The van der Waals surface area contributed by atoms with Gasteiger partial charge in [0.2, 0.25) is 0 Å². The zero-order chi connectivity index (χ0) is 17.0. The van der Waals surface area contributed by atoms with Gasteiger partial charge in [-0.1, -0.05) is 21.5 Å². The molecule has 0 saturated carbocycles. The lowest BCUT2D eigenvalue weighted by Crippen LogP contribution is -2.45. The molecular weight excluding hydrogens is 373 g/mol. The number of hydrogen-bond acceptors (Lipinski definition) is 3. The van der Waals surface area contributed by atoms with Crippen molar-refractivity contribution in [3.63, 3.8) is 0 Å². The second-order valence-corrected chi connectivity index (χ2v) is 6.61. The third kappa shape index (κ3) is 5.51. The maximum atomic E-state index is 12.7. The smallest absolute Gasteiger partial charge is 0.405 e. The van der Waals surface area contributed by atoms with Crippen molar-refractivity contribution in [1.82, 2.24) is 10.2 Å². The molecule has 1 atom stereocenters. The van der Waals surface area contributed by atoms with E-state index >= 15 is 0 Å². The maximum Gasteiger partial charge on any atom is 0.573 e. The first-order chi connectivity index (χ1) is 10.8. The van der Waals surface area contributed by atoms with E-state index < -0.39 is 6.36 Å². The Morgan fingerprint density at radius 2 is 2.04 bits per heavy atom. The van der Waals surface area contributed by atoms with Crippen LogP contribution >= 0.6 is 15.9 Å². The van der Waals surface area contributed by atoms with Crippen LogP contribution in [0.2, 0.25) is 0 Å². The first kappa shape index (κ1) is 18.3. The fourth-order valence-electron chi connectivity index (χ4n) is 2.76. The van der Waals surface area contributed by atoms with Gasteiger partial charge in [0.05, 0.1) is 0 Å². The number of alkyl halides is 3. The first-order valence-electron chi connectivity index (χ1n) is 7.40. The van der Waals surface area contributed by atoms with Crippen LogP contribution in [-0.4, -0.2) is 37.4 Å². The molecule has 1 heterocycles. The molecule has 3 nitrogen and oxygen atoms in total. The molecule has 0 radical (unpaired) electrons. The van der Waals surface area contributed by atoms with Gasteiger partial charge in [-0.15, -0.1) is 19.8 Å². The molecule has 1 aliphatic rings. The van der Waals surface area contributed by atoms with Crippen LogP contribution in [0.4, 0.5) is 13.2 Å². The molecule has 1 saturated heterocycles. The molecule has 2 rings (SSSR count). The van der Waals surface area contributed by atoms with Crippen molar-refractivity contribution in [2.75, 3.05) is 26.2 Å². The quantitative estimate of drug-likeness (QED) is 0.757. The number of hydrogen-bond donors (Lipinski definition) is 1. The first-order valence-corrected chi connectivity index (χ1v) is 8.20. The molecule has 128 valence electrons. The molecular formula is C16H20BrF3N2O. The minimum atomic E-state index is -4.71. The Morgan fingerprint density at radius 1 is 1.39 bits per heavy atom. The molecule has 0 bridgehead atoms. The summed E-state index contributed by atoms with van der Waals surface area (Å²) in [7, 11) is 0. The zero-order valence-corrected chi connectivity index (χ0v) is 14.5. The second-order valence-electron chi connectivity index (χ2n) is 5.69. The molecule has 1 aromatic carbocycles. The van der Waals surface area contributed by atoms with Crippen molar-refractivity contribution in [1.29, 1.82) is 0 Å². The monoisotopic (exact) mass is 392 g/mol. The van der Waals surface area contributed by atoms with Crippen molar-refractivity contribution >= 4 is 15.9 Å². The maximum absolute atomic E-state index is 12.7. The Balaban J connectivity index is 2.39. The molecule has 23 heavy (non-hydrogen) atoms. The van der Waals surface area contributed by atoms with Crippen LogP contribution in [0, 0.1) is 0 Å². The van der Waals surface area contributed by atoms with Gasteiger partial charge in [0.15, 0.2) is 0 Å². The van der Waals surface area contributed by atoms with Crippen LogP contribution in [0.25, 0.3) is 0 Å². The summed E-state index contributed by atoms with van der Waals surface area (Å²) in [5.41, 5.74) is 1.45. The predicted molar refractivity (Wildman–Crippen MR) is 87.4 cm³/mol. The van der Waals surface area contributed by atoms with Gasteiger partial charge in [-0.2, -0.15) is 0 Å². The zero-order valence-electron chi connectivity index (χ0n) is 12.9. The third-order valence-corrected chi connectivity index (χ3v) is 4.18. The Hall–Kier alpha value is -1.05. The Labute approximate surface area is 142 Å². The number of piperazine rings is 1. The number of nitrogens with one attached hydrogen (secondary N) is 1. The summed E-state index contributed by atoms with van der Waals surface area (Å²) in [6.07, 6.45) is -4.12. The largest absolute Gasteiger partial charge is 0.573 e. The topological polar surface area (TPSA) is 24.5 Å². The summed E-state index contributed by atoms with van der Waals surface area (Å²) in [5, 5.41) is 3.25. The van der Waals surface area contributed by atoms with E-state index in [0.717, 1.165) is 36.2 Å². The molecule has 0 aromatic heterocycles. The van der Waals surface area contributed by atoms with E-state index in [-0.39, 0.29) is 11.8 Å². The van der Waals surface area contributed by atoms with Crippen molar-refractivity contribution in [3.8, 4) is 5.75 Å². The van der Waals surface area contributed by atoms with Crippen LogP contribution in [-0.2, 0) is 0 Å². The van der Waals surface area contributed by atoms with E-state index in [2.05, 4.69) is 37.5 Å². The van der Waals surface area contributed by atoms with E-state index in [1.54, 1.807) is 12.1 Å². The summed E-state index contributed by atoms with van der Waals surface area (Å²) in [4.78, 5) is 2.18. The molecule has 1 aromatic rings. The lowest BCUT2D eigenvalue weighted by molar-refractivity contribution is -0.275. The highest BCUT2D eigenvalue weighted by molar-refractivity contribution is 9.10. The highest BCUT2D eigenvalue weighted by Gasteiger charge is 2.34. The van der Waals surface area contributed by atoms with Gasteiger partial charge < -0.3 is 10.1 Å². The summed E-state index contributed by atoms with van der Waals surface area (Å²) in [6.45, 7) is 8.99. The molecule has 7 heteroatoms. The number of halogens is 4. The molecule has 0 aliphatic carbocycles.